The van der Waals surface area contributed by atoms with Gasteiger partial charge in [0.05, 0.1) is 11.4 Å². The van der Waals surface area contributed by atoms with Crippen LogP contribution in [0.5, 0.6) is 5.75 Å². The third-order valence-corrected chi connectivity index (χ3v) is 5.17. The minimum Gasteiger partial charge on any atom is -0.489 e. The van der Waals surface area contributed by atoms with E-state index in [0.717, 1.165) is 11.1 Å². The molecule has 6 nitrogen and oxygen atoms in total. The van der Waals surface area contributed by atoms with Gasteiger partial charge >= 0.3 is 5.97 Å². The van der Waals surface area contributed by atoms with Crippen molar-refractivity contribution in [2.45, 2.75) is 6.61 Å². The number of carboxylic acid groups (broad SMARTS) is 1. The standard InChI is InChI=1S/C26H18FN3O3/c27-20-8-4-7-19(13-20)24-14-22(28-25-15-23(26(31)32)29-30(24)25)18-9-11-21(12-10-18)33-16-17-5-2-1-3-6-17/h1-15H,16H2,(H,31,32). The number of nitrogens with zero attached hydrogens (tertiary/aromatic N) is 3. The molecule has 0 amide bonds. The monoisotopic (exact) mass is 439 g/mol. The molecule has 0 bridgehead atoms. The highest BCUT2D eigenvalue weighted by molar-refractivity contribution is 5.87. The molecular formula is C26H18FN3O3. The molecular weight excluding hydrogens is 421 g/mol. The second-order valence-electron chi connectivity index (χ2n) is 7.44. The summed E-state index contributed by atoms with van der Waals surface area (Å²) in [4.78, 5) is 16.0. The smallest absolute Gasteiger partial charge is 0.356 e. The molecule has 3 aromatic carbocycles. The van der Waals surface area contributed by atoms with Crippen LogP contribution >= 0.6 is 0 Å². The molecule has 5 rings (SSSR count). The second kappa shape index (κ2) is 8.55. The summed E-state index contributed by atoms with van der Waals surface area (Å²) in [5, 5.41) is 13.5. The first-order valence-electron chi connectivity index (χ1n) is 10.2. The molecule has 7 heteroatoms. The molecule has 0 atom stereocenters. The Hall–Kier alpha value is -4.52. The SMILES string of the molecule is O=C(O)c1cc2nc(-c3ccc(OCc4ccccc4)cc3)cc(-c3cccc(F)c3)n2n1. The van der Waals surface area contributed by atoms with Crippen molar-refractivity contribution in [3.05, 3.63) is 108 Å². The number of halogens is 1. The number of benzene rings is 3. The summed E-state index contributed by atoms with van der Waals surface area (Å²) in [5.74, 6) is -0.844. The lowest BCUT2D eigenvalue weighted by molar-refractivity contribution is 0.0690. The van der Waals surface area contributed by atoms with Gasteiger partial charge in [0.25, 0.3) is 0 Å². The Morgan fingerprint density at radius 3 is 2.42 bits per heavy atom. The van der Waals surface area contributed by atoms with Crippen LogP contribution in [0.1, 0.15) is 16.1 Å². The quantitative estimate of drug-likeness (QED) is 0.379. The summed E-state index contributed by atoms with van der Waals surface area (Å²) in [6, 6.07) is 26.6. The zero-order valence-electron chi connectivity index (χ0n) is 17.4. The first-order chi connectivity index (χ1) is 16.1. The van der Waals surface area contributed by atoms with Gasteiger partial charge in [-0.25, -0.2) is 18.7 Å². The number of hydrogen-bond donors (Lipinski definition) is 1. The van der Waals surface area contributed by atoms with Gasteiger partial charge in [-0.05, 0) is 48.0 Å². The van der Waals surface area contributed by atoms with Crippen molar-refractivity contribution in [2.24, 2.45) is 0 Å². The third-order valence-electron chi connectivity index (χ3n) is 5.17. The van der Waals surface area contributed by atoms with Gasteiger partial charge < -0.3 is 9.84 Å². The van der Waals surface area contributed by atoms with Crippen LogP contribution in [-0.4, -0.2) is 25.7 Å². The molecule has 0 saturated heterocycles. The summed E-state index contributed by atoms with van der Waals surface area (Å²) < 4.78 is 21.2. The number of aromatic carboxylic acids is 1. The minimum atomic E-state index is -1.16. The highest BCUT2D eigenvalue weighted by Crippen LogP contribution is 2.28. The normalized spacial score (nSPS) is 10.9. The van der Waals surface area contributed by atoms with Gasteiger partial charge in [0, 0.05) is 17.2 Å². The van der Waals surface area contributed by atoms with Gasteiger partial charge in [-0.15, -0.1) is 0 Å². The Balaban J connectivity index is 1.51. The van der Waals surface area contributed by atoms with E-state index in [9.17, 15) is 14.3 Å². The van der Waals surface area contributed by atoms with E-state index in [1.807, 2.05) is 54.6 Å². The van der Waals surface area contributed by atoms with Crippen molar-refractivity contribution in [2.75, 3.05) is 0 Å². The van der Waals surface area contributed by atoms with Crippen molar-refractivity contribution >= 4 is 11.6 Å². The van der Waals surface area contributed by atoms with Crippen LogP contribution in [0, 0.1) is 5.82 Å². The molecule has 1 N–H and O–H groups in total. The predicted molar refractivity (Wildman–Crippen MR) is 122 cm³/mol. The first kappa shape index (κ1) is 20.4. The van der Waals surface area contributed by atoms with Crippen molar-refractivity contribution in [1.82, 2.24) is 14.6 Å². The Labute approximate surface area is 188 Å². The molecule has 2 aromatic heterocycles. The molecule has 162 valence electrons. The number of aromatic nitrogens is 3. The lowest BCUT2D eigenvalue weighted by Crippen LogP contribution is -2.01. The Kier molecular flexibility index (Phi) is 5.28. The largest absolute Gasteiger partial charge is 0.489 e. The van der Waals surface area contributed by atoms with Crippen LogP contribution in [0.15, 0.2) is 91.0 Å². The molecule has 0 aliphatic carbocycles. The Morgan fingerprint density at radius 1 is 0.909 bits per heavy atom. The van der Waals surface area contributed by atoms with Crippen LogP contribution < -0.4 is 4.74 Å². The maximum atomic E-state index is 13.9. The van der Waals surface area contributed by atoms with E-state index >= 15 is 0 Å². The van der Waals surface area contributed by atoms with E-state index in [1.165, 1.54) is 22.7 Å². The summed E-state index contributed by atoms with van der Waals surface area (Å²) in [5.41, 5.74) is 3.80. The second-order valence-corrected chi connectivity index (χ2v) is 7.44. The van der Waals surface area contributed by atoms with Gasteiger partial charge in [0.2, 0.25) is 0 Å². The molecule has 33 heavy (non-hydrogen) atoms. The van der Waals surface area contributed by atoms with Gasteiger partial charge in [-0.3, -0.25) is 0 Å². The minimum absolute atomic E-state index is 0.137. The van der Waals surface area contributed by atoms with Gasteiger partial charge in [-0.1, -0.05) is 42.5 Å². The van der Waals surface area contributed by atoms with Gasteiger partial charge in [-0.2, -0.15) is 5.10 Å². The van der Waals surface area contributed by atoms with Crippen LogP contribution in [0.2, 0.25) is 0 Å². The molecule has 0 saturated carbocycles. The van der Waals surface area contributed by atoms with Crippen molar-refractivity contribution in [3.63, 3.8) is 0 Å². The van der Waals surface area contributed by atoms with Gasteiger partial charge in [0.1, 0.15) is 18.2 Å². The Morgan fingerprint density at radius 2 is 1.70 bits per heavy atom. The zero-order valence-corrected chi connectivity index (χ0v) is 17.4. The fourth-order valence-electron chi connectivity index (χ4n) is 3.54. The fraction of sp³-hybridized carbons (Fsp3) is 0.0385. The molecule has 0 unspecified atom stereocenters. The first-order valence-corrected chi connectivity index (χ1v) is 10.2. The maximum Gasteiger partial charge on any atom is 0.356 e. The van der Waals surface area contributed by atoms with Crippen LogP contribution in [0.4, 0.5) is 4.39 Å². The number of hydrogen-bond acceptors (Lipinski definition) is 4. The molecule has 5 aromatic rings. The molecule has 0 spiro atoms. The van der Waals surface area contributed by atoms with Gasteiger partial charge in [0.15, 0.2) is 11.3 Å². The Bertz CT molecular complexity index is 1450. The predicted octanol–water partition coefficient (Wildman–Crippen LogP) is 5.48. The highest BCUT2D eigenvalue weighted by atomic mass is 19.1. The molecule has 0 radical (unpaired) electrons. The summed E-state index contributed by atoms with van der Waals surface area (Å²) in [6.45, 7) is 0.460. The lowest BCUT2D eigenvalue weighted by atomic mass is 10.1. The molecule has 0 aliphatic rings. The third kappa shape index (κ3) is 4.29. The number of carbonyl (C=O) groups is 1. The van der Waals surface area contributed by atoms with E-state index in [2.05, 4.69) is 10.1 Å². The fourth-order valence-corrected chi connectivity index (χ4v) is 3.54. The molecule has 2 heterocycles. The van der Waals surface area contributed by atoms with Crippen LogP contribution in [-0.2, 0) is 6.61 Å². The average molecular weight is 439 g/mol. The van der Waals surface area contributed by atoms with E-state index in [1.54, 1.807) is 18.2 Å². The number of ether oxygens (including phenoxy) is 1. The highest BCUT2D eigenvalue weighted by Gasteiger charge is 2.16. The maximum absolute atomic E-state index is 13.9. The number of fused-ring (bicyclic) bond motifs is 1. The molecule has 0 aliphatic heterocycles. The lowest BCUT2D eigenvalue weighted by Gasteiger charge is -2.10. The topological polar surface area (TPSA) is 76.7 Å². The van der Waals surface area contributed by atoms with Crippen molar-refractivity contribution in [1.29, 1.82) is 0 Å². The van der Waals surface area contributed by atoms with Crippen molar-refractivity contribution < 1.29 is 19.0 Å². The van der Waals surface area contributed by atoms with E-state index < -0.39 is 11.8 Å². The zero-order chi connectivity index (χ0) is 22.8. The van der Waals surface area contributed by atoms with E-state index in [4.69, 9.17) is 4.74 Å². The summed E-state index contributed by atoms with van der Waals surface area (Å²) in [7, 11) is 0. The van der Waals surface area contributed by atoms with Crippen molar-refractivity contribution in [3.8, 4) is 28.3 Å². The number of carboxylic acids is 1. The molecule has 0 fully saturated rings. The number of rotatable bonds is 6. The van der Waals surface area contributed by atoms with Crippen LogP contribution in [0.3, 0.4) is 0 Å². The average Bonchev–Trinajstić information content (AvgIpc) is 3.28. The van der Waals surface area contributed by atoms with E-state index in [-0.39, 0.29) is 5.69 Å². The van der Waals surface area contributed by atoms with Crippen LogP contribution in [0.25, 0.3) is 28.2 Å². The van der Waals surface area contributed by atoms with E-state index in [0.29, 0.717) is 35.0 Å². The summed E-state index contributed by atoms with van der Waals surface area (Å²) >= 11 is 0. The summed E-state index contributed by atoms with van der Waals surface area (Å²) in [6.07, 6.45) is 0.